The molecule has 0 heteroatoms. The second-order valence-corrected chi connectivity index (χ2v) is 5.58. The standard InChI is InChI=1S/C14H24/c1-6-11(2)12-7-9-13(10-8-12)14(3,4)5/h7-9,11,13H,6,10H2,1-5H3. The van der Waals surface area contributed by atoms with E-state index in [0.717, 1.165) is 11.8 Å². The molecule has 1 rings (SSSR count). The van der Waals surface area contributed by atoms with Gasteiger partial charge in [0.15, 0.2) is 0 Å². The molecule has 0 heterocycles. The van der Waals surface area contributed by atoms with Crippen molar-refractivity contribution in [2.45, 2.75) is 47.5 Å². The van der Waals surface area contributed by atoms with E-state index in [2.05, 4.69) is 52.8 Å². The average molecular weight is 192 g/mol. The maximum atomic E-state index is 2.43. The molecule has 0 aliphatic heterocycles. The molecule has 0 aromatic carbocycles. The first-order chi connectivity index (χ1) is 6.45. The van der Waals surface area contributed by atoms with Crippen molar-refractivity contribution in [3.8, 4) is 0 Å². The number of hydrogen-bond acceptors (Lipinski definition) is 0. The molecule has 0 saturated heterocycles. The minimum atomic E-state index is 0.411. The molecule has 0 bridgehead atoms. The van der Waals surface area contributed by atoms with Crippen LogP contribution in [0.3, 0.4) is 0 Å². The molecule has 14 heavy (non-hydrogen) atoms. The van der Waals surface area contributed by atoms with E-state index in [9.17, 15) is 0 Å². The van der Waals surface area contributed by atoms with Crippen LogP contribution in [0.4, 0.5) is 0 Å². The van der Waals surface area contributed by atoms with Gasteiger partial charge >= 0.3 is 0 Å². The molecule has 0 saturated carbocycles. The third-order valence-corrected chi connectivity index (χ3v) is 3.42. The lowest BCUT2D eigenvalue weighted by Gasteiger charge is -2.30. The van der Waals surface area contributed by atoms with Crippen molar-refractivity contribution in [1.82, 2.24) is 0 Å². The van der Waals surface area contributed by atoms with Crippen molar-refractivity contribution in [1.29, 1.82) is 0 Å². The van der Waals surface area contributed by atoms with Crippen LogP contribution < -0.4 is 0 Å². The Labute approximate surface area is 89.1 Å². The molecule has 2 atom stereocenters. The lowest BCUT2D eigenvalue weighted by molar-refractivity contribution is 0.292. The summed E-state index contributed by atoms with van der Waals surface area (Å²) in [5.74, 6) is 1.45. The molecule has 0 N–H and O–H groups in total. The van der Waals surface area contributed by atoms with Gasteiger partial charge in [-0.3, -0.25) is 0 Å². The van der Waals surface area contributed by atoms with E-state index >= 15 is 0 Å². The highest BCUT2D eigenvalue weighted by molar-refractivity contribution is 5.26. The quantitative estimate of drug-likeness (QED) is 0.600. The fourth-order valence-electron chi connectivity index (χ4n) is 1.88. The fraction of sp³-hybridized carbons (Fsp3) is 0.714. The summed E-state index contributed by atoms with van der Waals surface area (Å²) in [5, 5.41) is 0. The summed E-state index contributed by atoms with van der Waals surface area (Å²) >= 11 is 0. The summed E-state index contributed by atoms with van der Waals surface area (Å²) in [6.45, 7) is 11.5. The number of allylic oxidation sites excluding steroid dienone is 4. The van der Waals surface area contributed by atoms with E-state index < -0.39 is 0 Å². The average Bonchev–Trinajstić information content (AvgIpc) is 2.15. The lowest BCUT2D eigenvalue weighted by Crippen LogP contribution is -2.19. The zero-order valence-corrected chi connectivity index (χ0v) is 10.3. The summed E-state index contributed by atoms with van der Waals surface area (Å²) in [6.07, 6.45) is 9.65. The minimum absolute atomic E-state index is 0.411. The van der Waals surface area contributed by atoms with Gasteiger partial charge in [0.2, 0.25) is 0 Å². The van der Waals surface area contributed by atoms with Gasteiger partial charge in [-0.1, -0.05) is 52.8 Å². The van der Waals surface area contributed by atoms with Crippen molar-refractivity contribution >= 4 is 0 Å². The number of hydrogen-bond donors (Lipinski definition) is 0. The largest absolute Gasteiger partial charge is 0.0805 e. The Kier molecular flexibility index (Phi) is 3.58. The molecule has 0 fully saturated rings. The summed E-state index contributed by atoms with van der Waals surface area (Å²) in [6, 6.07) is 0. The van der Waals surface area contributed by atoms with E-state index in [1.807, 2.05) is 0 Å². The monoisotopic (exact) mass is 192 g/mol. The van der Waals surface area contributed by atoms with Crippen molar-refractivity contribution in [3.63, 3.8) is 0 Å². The van der Waals surface area contributed by atoms with Crippen molar-refractivity contribution in [2.75, 3.05) is 0 Å². The molecule has 1 aliphatic carbocycles. The van der Waals surface area contributed by atoms with Crippen LogP contribution in [0, 0.1) is 17.3 Å². The molecule has 0 radical (unpaired) electrons. The Morgan fingerprint density at radius 2 is 2.07 bits per heavy atom. The molecule has 0 aromatic rings. The molecule has 2 unspecified atom stereocenters. The summed E-state index contributed by atoms with van der Waals surface area (Å²) in [7, 11) is 0. The molecule has 80 valence electrons. The predicted octanol–water partition coefficient (Wildman–Crippen LogP) is 4.58. The maximum absolute atomic E-state index is 2.43. The molecule has 0 spiro atoms. The second kappa shape index (κ2) is 4.33. The molecular formula is C14H24. The molecule has 0 aromatic heterocycles. The van der Waals surface area contributed by atoms with Crippen molar-refractivity contribution in [3.05, 3.63) is 23.8 Å². The Bertz CT molecular complexity index is 237. The highest BCUT2D eigenvalue weighted by Gasteiger charge is 2.23. The van der Waals surface area contributed by atoms with Crippen LogP contribution in [0.2, 0.25) is 0 Å². The van der Waals surface area contributed by atoms with E-state index in [1.165, 1.54) is 18.4 Å². The van der Waals surface area contributed by atoms with E-state index in [1.54, 1.807) is 0 Å². The summed E-state index contributed by atoms with van der Waals surface area (Å²) < 4.78 is 0. The molecule has 0 amide bonds. The van der Waals surface area contributed by atoms with Crippen LogP contribution in [-0.2, 0) is 0 Å². The van der Waals surface area contributed by atoms with Gasteiger partial charge in [0.1, 0.15) is 0 Å². The van der Waals surface area contributed by atoms with E-state index in [-0.39, 0.29) is 0 Å². The van der Waals surface area contributed by atoms with Crippen molar-refractivity contribution < 1.29 is 0 Å². The van der Waals surface area contributed by atoms with Gasteiger partial charge < -0.3 is 0 Å². The first kappa shape index (κ1) is 11.6. The molecular weight excluding hydrogens is 168 g/mol. The maximum Gasteiger partial charge on any atom is -0.0147 e. The molecule has 1 aliphatic rings. The normalized spacial score (nSPS) is 24.6. The van der Waals surface area contributed by atoms with Crippen LogP contribution in [0.1, 0.15) is 47.5 Å². The molecule has 0 nitrogen and oxygen atoms in total. The van der Waals surface area contributed by atoms with Gasteiger partial charge in [-0.15, -0.1) is 0 Å². The summed E-state index contributed by atoms with van der Waals surface area (Å²) in [5.41, 5.74) is 1.95. The minimum Gasteiger partial charge on any atom is -0.0805 e. The predicted molar refractivity (Wildman–Crippen MR) is 64.2 cm³/mol. The van der Waals surface area contributed by atoms with Gasteiger partial charge in [-0.2, -0.15) is 0 Å². The van der Waals surface area contributed by atoms with Crippen LogP contribution >= 0.6 is 0 Å². The van der Waals surface area contributed by atoms with E-state index in [4.69, 9.17) is 0 Å². The van der Waals surface area contributed by atoms with Gasteiger partial charge in [-0.25, -0.2) is 0 Å². The Balaban J connectivity index is 2.62. The first-order valence-corrected chi connectivity index (χ1v) is 5.83. The van der Waals surface area contributed by atoms with Gasteiger partial charge in [-0.05, 0) is 35.7 Å². The third-order valence-electron chi connectivity index (χ3n) is 3.42. The second-order valence-electron chi connectivity index (χ2n) is 5.58. The lowest BCUT2D eigenvalue weighted by atomic mass is 9.75. The first-order valence-electron chi connectivity index (χ1n) is 5.83. The Hall–Kier alpha value is -0.520. The van der Waals surface area contributed by atoms with Gasteiger partial charge in [0.25, 0.3) is 0 Å². The van der Waals surface area contributed by atoms with Gasteiger partial charge in [0.05, 0.1) is 0 Å². The van der Waals surface area contributed by atoms with Crippen LogP contribution in [0.15, 0.2) is 23.8 Å². The smallest absolute Gasteiger partial charge is 0.0147 e. The van der Waals surface area contributed by atoms with E-state index in [0.29, 0.717) is 5.41 Å². The Morgan fingerprint density at radius 1 is 1.43 bits per heavy atom. The van der Waals surface area contributed by atoms with Crippen LogP contribution in [0.5, 0.6) is 0 Å². The van der Waals surface area contributed by atoms with Crippen LogP contribution in [-0.4, -0.2) is 0 Å². The topological polar surface area (TPSA) is 0 Å². The zero-order valence-electron chi connectivity index (χ0n) is 10.3. The van der Waals surface area contributed by atoms with Crippen LogP contribution in [0.25, 0.3) is 0 Å². The van der Waals surface area contributed by atoms with Crippen molar-refractivity contribution in [2.24, 2.45) is 17.3 Å². The fourth-order valence-corrected chi connectivity index (χ4v) is 1.88. The number of rotatable bonds is 2. The Morgan fingerprint density at radius 3 is 2.43 bits per heavy atom. The highest BCUT2D eigenvalue weighted by Crippen LogP contribution is 2.34. The summed E-state index contributed by atoms with van der Waals surface area (Å²) in [4.78, 5) is 0. The highest BCUT2D eigenvalue weighted by atomic mass is 14.3. The van der Waals surface area contributed by atoms with Gasteiger partial charge in [0, 0.05) is 0 Å². The zero-order chi connectivity index (χ0) is 10.8. The SMILES string of the molecule is CCC(C)C1=CCC(C(C)(C)C)C=C1. The third kappa shape index (κ3) is 2.73.